The van der Waals surface area contributed by atoms with Gasteiger partial charge in [-0.3, -0.25) is 14.9 Å². The Morgan fingerprint density at radius 2 is 1.92 bits per heavy atom. The number of benzene rings is 2. The van der Waals surface area contributed by atoms with Gasteiger partial charge in [0.1, 0.15) is 23.8 Å². The molecule has 0 spiro atoms. The first-order valence-corrected chi connectivity index (χ1v) is 11.1. The summed E-state index contributed by atoms with van der Waals surface area (Å²) >= 11 is 0. The standard InChI is InChI=1S/C26H21N5O5/c1-16-5-7-20(8-6-16)36-21-13-18(12-19(14-21)31(33)34)28-24(32)15-30-26-25(17(2)29-30)22(9-10-27-26)23-4-3-11-35-23/h3-14H,15H2,1-2H3,(H,28,32). The average Bonchev–Trinajstić information content (AvgIpc) is 3.49. The van der Waals surface area contributed by atoms with Crippen LogP contribution in [0.15, 0.2) is 77.5 Å². The minimum atomic E-state index is -0.540. The van der Waals surface area contributed by atoms with Gasteiger partial charge in [0.25, 0.3) is 5.69 Å². The molecule has 3 aromatic heterocycles. The molecular formula is C26H21N5O5. The van der Waals surface area contributed by atoms with Crippen LogP contribution in [0.2, 0.25) is 0 Å². The second kappa shape index (κ2) is 9.34. The molecule has 3 heterocycles. The highest BCUT2D eigenvalue weighted by Crippen LogP contribution is 2.31. The summed E-state index contributed by atoms with van der Waals surface area (Å²) in [7, 11) is 0. The van der Waals surface area contributed by atoms with E-state index in [-0.39, 0.29) is 23.7 Å². The summed E-state index contributed by atoms with van der Waals surface area (Å²) in [4.78, 5) is 28.2. The molecule has 10 nitrogen and oxygen atoms in total. The first kappa shape index (κ1) is 22.8. The molecule has 0 aliphatic carbocycles. The van der Waals surface area contributed by atoms with Crippen LogP contribution >= 0.6 is 0 Å². The Balaban J connectivity index is 1.40. The van der Waals surface area contributed by atoms with Gasteiger partial charge in [0.15, 0.2) is 5.65 Å². The molecular weight excluding hydrogens is 462 g/mol. The van der Waals surface area contributed by atoms with Crippen LogP contribution in [-0.4, -0.2) is 25.6 Å². The zero-order chi connectivity index (χ0) is 25.2. The number of ether oxygens (including phenoxy) is 1. The van der Waals surface area contributed by atoms with Crippen LogP contribution in [0.5, 0.6) is 11.5 Å². The molecule has 0 saturated carbocycles. The summed E-state index contributed by atoms with van der Waals surface area (Å²) in [5.74, 6) is 1.00. The van der Waals surface area contributed by atoms with Crippen molar-refractivity contribution in [1.29, 1.82) is 0 Å². The highest BCUT2D eigenvalue weighted by Gasteiger charge is 2.18. The van der Waals surface area contributed by atoms with Crippen LogP contribution in [0, 0.1) is 24.0 Å². The van der Waals surface area contributed by atoms with E-state index in [1.807, 2.05) is 38.1 Å². The number of amides is 1. The molecule has 0 fully saturated rings. The van der Waals surface area contributed by atoms with Crippen molar-refractivity contribution < 1.29 is 18.9 Å². The van der Waals surface area contributed by atoms with E-state index in [0.29, 0.717) is 22.9 Å². The zero-order valence-corrected chi connectivity index (χ0v) is 19.5. The lowest BCUT2D eigenvalue weighted by Crippen LogP contribution is -2.20. The van der Waals surface area contributed by atoms with Gasteiger partial charge < -0.3 is 14.5 Å². The molecule has 0 atom stereocenters. The van der Waals surface area contributed by atoms with Gasteiger partial charge in [-0.15, -0.1) is 0 Å². The molecule has 36 heavy (non-hydrogen) atoms. The molecule has 0 saturated heterocycles. The predicted molar refractivity (Wildman–Crippen MR) is 133 cm³/mol. The number of nitrogens with zero attached hydrogens (tertiary/aromatic N) is 4. The second-order valence-electron chi connectivity index (χ2n) is 8.21. The maximum absolute atomic E-state index is 12.9. The summed E-state index contributed by atoms with van der Waals surface area (Å²) in [6.45, 7) is 3.64. The Kier molecular flexibility index (Phi) is 5.91. The van der Waals surface area contributed by atoms with Crippen molar-refractivity contribution >= 4 is 28.3 Å². The molecule has 0 aliphatic heterocycles. The van der Waals surface area contributed by atoms with Crippen molar-refractivity contribution in [3.63, 3.8) is 0 Å². The summed E-state index contributed by atoms with van der Waals surface area (Å²) in [6, 6.07) is 16.9. The maximum atomic E-state index is 12.9. The zero-order valence-electron chi connectivity index (χ0n) is 19.5. The SMILES string of the molecule is Cc1ccc(Oc2cc(NC(=O)Cn3nc(C)c4c(-c5ccco5)ccnc43)cc([N+](=O)[O-])c2)cc1. The van der Waals surface area contributed by atoms with E-state index in [9.17, 15) is 14.9 Å². The largest absolute Gasteiger partial charge is 0.464 e. The number of carbonyl (C=O) groups excluding carboxylic acids is 1. The lowest BCUT2D eigenvalue weighted by atomic mass is 10.1. The minimum absolute atomic E-state index is 0.143. The maximum Gasteiger partial charge on any atom is 0.275 e. The fourth-order valence-corrected chi connectivity index (χ4v) is 3.93. The van der Waals surface area contributed by atoms with Gasteiger partial charge in [-0.2, -0.15) is 5.10 Å². The average molecular weight is 483 g/mol. The quantitative estimate of drug-likeness (QED) is 0.234. The summed E-state index contributed by atoms with van der Waals surface area (Å²) < 4.78 is 12.8. The van der Waals surface area contributed by atoms with Gasteiger partial charge in [-0.1, -0.05) is 17.7 Å². The number of nitro groups is 1. The van der Waals surface area contributed by atoms with E-state index < -0.39 is 10.8 Å². The Hall–Kier alpha value is -4.99. The Morgan fingerprint density at radius 1 is 1.11 bits per heavy atom. The number of aryl methyl sites for hydroxylation is 2. The van der Waals surface area contributed by atoms with Crippen LogP contribution in [-0.2, 0) is 11.3 Å². The highest BCUT2D eigenvalue weighted by atomic mass is 16.6. The fourth-order valence-electron chi connectivity index (χ4n) is 3.93. The smallest absolute Gasteiger partial charge is 0.275 e. The first-order chi connectivity index (χ1) is 17.4. The van der Waals surface area contributed by atoms with Crippen LogP contribution in [0.3, 0.4) is 0 Å². The van der Waals surface area contributed by atoms with Crippen molar-refractivity contribution in [3.8, 4) is 22.8 Å². The Labute approximate surface area is 205 Å². The molecule has 5 aromatic rings. The van der Waals surface area contributed by atoms with Gasteiger partial charge in [0, 0.05) is 23.9 Å². The number of furan rings is 1. The van der Waals surface area contributed by atoms with Crippen molar-refractivity contribution in [2.24, 2.45) is 0 Å². The number of nitro benzene ring substituents is 1. The molecule has 10 heteroatoms. The second-order valence-corrected chi connectivity index (χ2v) is 8.21. The minimum Gasteiger partial charge on any atom is -0.464 e. The molecule has 180 valence electrons. The molecule has 1 N–H and O–H groups in total. The van der Waals surface area contributed by atoms with E-state index in [2.05, 4.69) is 15.4 Å². The normalized spacial score (nSPS) is 10.9. The van der Waals surface area contributed by atoms with Crippen molar-refractivity contribution in [1.82, 2.24) is 14.8 Å². The van der Waals surface area contributed by atoms with Gasteiger partial charge in [0.2, 0.25) is 5.91 Å². The fraction of sp³-hybridized carbons (Fsp3) is 0.115. The summed E-state index contributed by atoms with van der Waals surface area (Å²) in [6.07, 6.45) is 3.22. The monoisotopic (exact) mass is 483 g/mol. The van der Waals surface area contributed by atoms with E-state index in [0.717, 1.165) is 16.5 Å². The predicted octanol–water partition coefficient (Wildman–Crippen LogP) is 5.65. The van der Waals surface area contributed by atoms with Gasteiger partial charge in [-0.25, -0.2) is 9.67 Å². The van der Waals surface area contributed by atoms with Crippen LogP contribution in [0.4, 0.5) is 11.4 Å². The van der Waals surface area contributed by atoms with E-state index in [4.69, 9.17) is 9.15 Å². The molecule has 0 radical (unpaired) electrons. The first-order valence-electron chi connectivity index (χ1n) is 11.1. The van der Waals surface area contributed by atoms with Crippen molar-refractivity contribution in [3.05, 3.63) is 94.5 Å². The third-order valence-corrected chi connectivity index (χ3v) is 5.53. The lowest BCUT2D eigenvalue weighted by Gasteiger charge is -2.10. The number of carbonyl (C=O) groups is 1. The molecule has 2 aromatic carbocycles. The van der Waals surface area contributed by atoms with Crippen LogP contribution < -0.4 is 10.1 Å². The van der Waals surface area contributed by atoms with E-state index in [1.54, 1.807) is 30.7 Å². The van der Waals surface area contributed by atoms with Crippen molar-refractivity contribution in [2.45, 2.75) is 20.4 Å². The Bertz CT molecular complexity index is 1570. The number of pyridine rings is 1. The summed E-state index contributed by atoms with van der Waals surface area (Å²) in [5, 5.41) is 19.4. The number of rotatable bonds is 7. The Morgan fingerprint density at radius 3 is 2.64 bits per heavy atom. The molecule has 5 rings (SSSR count). The lowest BCUT2D eigenvalue weighted by molar-refractivity contribution is -0.384. The topological polar surface area (TPSA) is 125 Å². The number of hydrogen-bond acceptors (Lipinski definition) is 7. The van der Waals surface area contributed by atoms with Crippen LogP contribution in [0.1, 0.15) is 11.3 Å². The molecule has 0 aliphatic rings. The number of fused-ring (bicyclic) bond motifs is 1. The molecule has 1 amide bonds. The van der Waals surface area contributed by atoms with Gasteiger partial charge >= 0.3 is 0 Å². The number of nitrogens with one attached hydrogen (secondary N) is 1. The number of non-ortho nitro benzene ring substituents is 1. The number of hydrogen-bond donors (Lipinski definition) is 1. The van der Waals surface area contributed by atoms with Crippen LogP contribution in [0.25, 0.3) is 22.4 Å². The van der Waals surface area contributed by atoms with Gasteiger partial charge in [0.05, 0.1) is 34.0 Å². The van der Waals surface area contributed by atoms with E-state index >= 15 is 0 Å². The van der Waals surface area contributed by atoms with Crippen molar-refractivity contribution in [2.75, 3.05) is 5.32 Å². The molecule has 0 bridgehead atoms. The van der Waals surface area contributed by atoms with E-state index in [1.165, 1.54) is 22.9 Å². The number of aromatic nitrogens is 3. The third-order valence-electron chi connectivity index (χ3n) is 5.53. The molecule has 0 unspecified atom stereocenters. The highest BCUT2D eigenvalue weighted by molar-refractivity contribution is 5.95. The number of anilines is 1. The third kappa shape index (κ3) is 4.64. The summed E-state index contributed by atoms with van der Waals surface area (Å²) in [5.41, 5.74) is 3.13. The van der Waals surface area contributed by atoms with Gasteiger partial charge in [-0.05, 0) is 44.2 Å².